The lowest BCUT2D eigenvalue weighted by molar-refractivity contribution is -0.208. The lowest BCUT2D eigenvalue weighted by Crippen LogP contribution is -2.16. The highest BCUT2D eigenvalue weighted by Gasteiger charge is 2.25. The minimum Gasteiger partial charge on any atom is -0.736 e. The van der Waals surface area contributed by atoms with Crippen LogP contribution < -0.4 is 13.9 Å². The molecular weight excluding hydrogens is 455 g/mol. The third-order valence-electron chi connectivity index (χ3n) is 6.02. The quantitative estimate of drug-likeness (QED) is 0.281. The minimum atomic E-state index is -4.74. The van der Waals surface area contributed by atoms with Crippen LogP contribution in [0.15, 0.2) is 67.2 Å². The van der Waals surface area contributed by atoms with Crippen molar-refractivity contribution in [2.45, 2.75) is 66.2 Å². The number of phosphoric ester groups is 1. The average Bonchev–Trinajstić information content (AvgIpc) is 2.77. The molecule has 186 valence electrons. The Morgan fingerprint density at radius 2 is 1.34 bits per heavy atom. The summed E-state index contributed by atoms with van der Waals surface area (Å²) in [7, 11) is -4.74. The van der Waals surface area contributed by atoms with E-state index < -0.39 is 7.82 Å². The molecule has 0 heterocycles. The predicted octanol–water partition coefficient (Wildman–Crippen LogP) is 8.68. The molecule has 0 fully saturated rings. The van der Waals surface area contributed by atoms with Gasteiger partial charge < -0.3 is 13.9 Å². The van der Waals surface area contributed by atoms with Crippen LogP contribution in [0.3, 0.4) is 0 Å². The molecule has 0 bridgehead atoms. The second kappa shape index (κ2) is 10.8. The van der Waals surface area contributed by atoms with E-state index in [0.29, 0.717) is 5.75 Å². The molecule has 1 atom stereocenters. The van der Waals surface area contributed by atoms with Crippen LogP contribution in [0.4, 0.5) is 0 Å². The fourth-order valence-corrected chi connectivity index (χ4v) is 5.38. The summed E-state index contributed by atoms with van der Waals surface area (Å²) >= 11 is 0. The Bertz CT molecular complexity index is 1240. The zero-order chi connectivity index (χ0) is 25.9. The first-order valence-corrected chi connectivity index (χ1v) is 13.6. The van der Waals surface area contributed by atoms with Gasteiger partial charge in [0.1, 0.15) is 11.5 Å². The highest BCUT2D eigenvalue weighted by atomic mass is 31.2. The van der Waals surface area contributed by atoms with E-state index in [1.807, 2.05) is 83.1 Å². The van der Waals surface area contributed by atoms with Gasteiger partial charge in [-0.15, -0.1) is 0 Å². The topological polar surface area (TPSA) is 58.6 Å². The van der Waals surface area contributed by atoms with Crippen LogP contribution in [0.2, 0.25) is 0 Å². The molecule has 3 rings (SSSR count). The first-order valence-electron chi connectivity index (χ1n) is 12.1. The van der Waals surface area contributed by atoms with Gasteiger partial charge in [-0.25, -0.2) is 4.57 Å². The zero-order valence-electron chi connectivity index (χ0n) is 21.8. The van der Waals surface area contributed by atoms with Gasteiger partial charge in [-0.1, -0.05) is 102 Å². The van der Waals surface area contributed by atoms with E-state index in [2.05, 4.69) is 20.4 Å². The van der Waals surface area contributed by atoms with Crippen LogP contribution >= 0.6 is 7.82 Å². The molecular formula is C30H36O4P-. The van der Waals surface area contributed by atoms with Gasteiger partial charge in [-0.05, 0) is 59.1 Å². The molecule has 0 radical (unpaired) electrons. The number of phosphoric acid groups is 1. The molecule has 0 aromatic heterocycles. The van der Waals surface area contributed by atoms with Crippen molar-refractivity contribution in [1.29, 1.82) is 0 Å². The average molecular weight is 492 g/mol. The van der Waals surface area contributed by atoms with E-state index in [1.54, 1.807) is 12.1 Å². The predicted molar refractivity (Wildman–Crippen MR) is 144 cm³/mol. The van der Waals surface area contributed by atoms with E-state index in [1.165, 1.54) is 0 Å². The van der Waals surface area contributed by atoms with Crippen molar-refractivity contribution in [1.82, 2.24) is 0 Å². The van der Waals surface area contributed by atoms with E-state index >= 15 is 0 Å². The number of hydrogen-bond acceptors (Lipinski definition) is 4. The lowest BCUT2D eigenvalue weighted by atomic mass is 9.86. The van der Waals surface area contributed by atoms with Crippen molar-refractivity contribution in [2.75, 3.05) is 0 Å². The van der Waals surface area contributed by atoms with Crippen molar-refractivity contribution < 1.29 is 18.5 Å². The summed E-state index contributed by atoms with van der Waals surface area (Å²) in [5, 5.41) is 0. The van der Waals surface area contributed by atoms with Crippen LogP contribution in [0.5, 0.6) is 11.5 Å². The van der Waals surface area contributed by atoms with Gasteiger partial charge in [-0.2, -0.15) is 0 Å². The maximum absolute atomic E-state index is 13.2. The molecule has 0 aliphatic rings. The first kappa shape index (κ1) is 26.8. The number of rotatable bonds is 9. The number of hydrogen-bond donors (Lipinski definition) is 0. The Hall–Kier alpha value is -2.81. The third-order valence-corrected chi connectivity index (χ3v) is 6.87. The Balaban J connectivity index is 2.10. The van der Waals surface area contributed by atoms with Gasteiger partial charge in [0.05, 0.1) is 0 Å². The first-order chi connectivity index (χ1) is 16.4. The summed E-state index contributed by atoms with van der Waals surface area (Å²) in [6.07, 6.45) is 0. The molecule has 0 aliphatic heterocycles. The molecule has 0 aliphatic carbocycles. The standard InChI is InChI=1S/C30H37O4P/c1-19(2)24-15-12-16-26(28(24)21(5)6)33-35(31,32)34-27-18-17-25(20(3)4)30(29(27)22(7)8)23-13-10-9-11-14-23/h9-19,21-22H,3H2,1-2,4-8H3,(H,31,32)/p-1. The van der Waals surface area contributed by atoms with Crippen LogP contribution in [0, 0.1) is 0 Å². The van der Waals surface area contributed by atoms with Crippen molar-refractivity contribution in [3.05, 3.63) is 89.5 Å². The fourth-order valence-electron chi connectivity index (χ4n) is 4.55. The Morgan fingerprint density at radius 3 is 1.86 bits per heavy atom. The normalized spacial score (nSPS) is 13.2. The Labute approximate surface area is 210 Å². The van der Waals surface area contributed by atoms with Crippen molar-refractivity contribution in [3.63, 3.8) is 0 Å². The molecule has 0 amide bonds. The lowest BCUT2D eigenvalue weighted by Gasteiger charge is -2.29. The molecule has 1 unspecified atom stereocenters. The number of benzene rings is 3. The Morgan fingerprint density at radius 1 is 0.771 bits per heavy atom. The van der Waals surface area contributed by atoms with E-state index in [9.17, 15) is 9.46 Å². The van der Waals surface area contributed by atoms with Gasteiger partial charge >= 0.3 is 7.82 Å². The van der Waals surface area contributed by atoms with Gasteiger partial charge in [0.15, 0.2) is 0 Å². The molecule has 3 aromatic carbocycles. The van der Waals surface area contributed by atoms with Crippen molar-refractivity contribution in [2.24, 2.45) is 0 Å². The molecule has 35 heavy (non-hydrogen) atoms. The summed E-state index contributed by atoms with van der Waals surface area (Å²) in [5.74, 6) is 0.911. The smallest absolute Gasteiger partial charge is 0.372 e. The van der Waals surface area contributed by atoms with E-state index in [-0.39, 0.29) is 23.5 Å². The molecule has 0 saturated carbocycles. The molecule has 3 aromatic rings. The maximum atomic E-state index is 13.2. The third kappa shape index (κ3) is 6.07. The maximum Gasteiger partial charge on any atom is 0.372 e. The van der Waals surface area contributed by atoms with Crippen LogP contribution in [0.25, 0.3) is 16.7 Å². The molecule has 4 nitrogen and oxygen atoms in total. The Kier molecular flexibility index (Phi) is 8.30. The monoisotopic (exact) mass is 491 g/mol. The summed E-state index contributed by atoms with van der Waals surface area (Å²) in [4.78, 5) is 13.2. The van der Waals surface area contributed by atoms with Crippen LogP contribution in [-0.4, -0.2) is 0 Å². The van der Waals surface area contributed by atoms with Gasteiger partial charge in [0.2, 0.25) is 0 Å². The number of allylic oxidation sites excluding steroid dienone is 1. The highest BCUT2D eigenvalue weighted by Crippen LogP contribution is 2.49. The second-order valence-electron chi connectivity index (χ2n) is 9.90. The van der Waals surface area contributed by atoms with Crippen LogP contribution in [0.1, 0.15) is 88.5 Å². The highest BCUT2D eigenvalue weighted by molar-refractivity contribution is 7.46. The SMILES string of the molecule is C=C(C)c1ccc(OP(=O)([O-])Oc2cccc(C(C)C)c2C(C)C)c(C(C)C)c1-c1ccccc1. The molecule has 0 spiro atoms. The molecule has 5 heteroatoms. The summed E-state index contributed by atoms with van der Waals surface area (Å²) < 4.78 is 24.5. The second-order valence-corrected chi connectivity index (χ2v) is 11.2. The van der Waals surface area contributed by atoms with Gasteiger partial charge in [0.25, 0.3) is 0 Å². The summed E-state index contributed by atoms with van der Waals surface area (Å²) in [6.45, 7) is 18.4. The zero-order valence-corrected chi connectivity index (χ0v) is 22.7. The van der Waals surface area contributed by atoms with Crippen molar-refractivity contribution >= 4 is 13.4 Å². The summed E-state index contributed by atoms with van der Waals surface area (Å²) in [5.41, 5.74) is 6.51. The fraction of sp³-hybridized carbons (Fsp3) is 0.333. The van der Waals surface area contributed by atoms with Gasteiger partial charge in [-0.3, -0.25) is 0 Å². The van der Waals surface area contributed by atoms with Crippen LogP contribution in [-0.2, 0) is 4.57 Å². The molecule has 0 N–H and O–H groups in total. The van der Waals surface area contributed by atoms with E-state index in [4.69, 9.17) is 9.05 Å². The van der Waals surface area contributed by atoms with Gasteiger partial charge in [0, 0.05) is 11.1 Å². The summed E-state index contributed by atoms with van der Waals surface area (Å²) in [6, 6.07) is 19.0. The van der Waals surface area contributed by atoms with E-state index in [0.717, 1.165) is 39.0 Å². The minimum absolute atomic E-state index is 0.00463. The largest absolute Gasteiger partial charge is 0.736 e. The molecule has 0 saturated heterocycles. The van der Waals surface area contributed by atoms with Crippen molar-refractivity contribution in [3.8, 4) is 22.6 Å².